The van der Waals surface area contributed by atoms with Crippen molar-refractivity contribution in [3.63, 3.8) is 0 Å². The number of rotatable bonds is 4. The molecule has 2 saturated heterocycles. The van der Waals surface area contributed by atoms with Crippen molar-refractivity contribution in [3.05, 3.63) is 64.9 Å². The Kier molecular flexibility index (Phi) is 4.22. The van der Waals surface area contributed by atoms with Crippen molar-refractivity contribution in [2.75, 3.05) is 6.54 Å². The zero-order chi connectivity index (χ0) is 17.5. The molecule has 3 atom stereocenters. The van der Waals surface area contributed by atoms with E-state index >= 15 is 0 Å². The smallest absolute Gasteiger partial charge is 0.121 e. The number of piperidine rings is 2. The van der Waals surface area contributed by atoms with Crippen molar-refractivity contribution in [2.45, 2.75) is 38.3 Å². The third-order valence-electron chi connectivity index (χ3n) is 6.30. The maximum absolute atomic E-state index is 6.03. The number of hydrogen-bond donors (Lipinski definition) is 1. The predicted molar refractivity (Wildman–Crippen MR) is 106 cm³/mol. The van der Waals surface area contributed by atoms with E-state index in [9.17, 15) is 0 Å². The highest BCUT2D eigenvalue weighted by molar-refractivity contribution is 6.30. The van der Waals surface area contributed by atoms with Gasteiger partial charge in [-0.25, -0.2) is 4.98 Å². The van der Waals surface area contributed by atoms with Crippen molar-refractivity contribution in [1.29, 1.82) is 0 Å². The van der Waals surface area contributed by atoms with Crippen LogP contribution < -0.4 is 0 Å². The number of para-hydroxylation sites is 2. The molecule has 3 heterocycles. The van der Waals surface area contributed by atoms with Gasteiger partial charge in [0.2, 0.25) is 0 Å². The van der Waals surface area contributed by atoms with Crippen molar-refractivity contribution in [2.24, 2.45) is 11.8 Å². The van der Waals surface area contributed by atoms with Crippen molar-refractivity contribution in [1.82, 2.24) is 14.9 Å². The highest BCUT2D eigenvalue weighted by Crippen LogP contribution is 2.41. The predicted octanol–water partition coefficient (Wildman–Crippen LogP) is 5.06. The molecular weight excluding hydrogens is 342 g/mol. The monoisotopic (exact) mass is 365 g/mol. The first-order valence-corrected chi connectivity index (χ1v) is 10.0. The molecule has 0 radical (unpaired) electrons. The van der Waals surface area contributed by atoms with Crippen LogP contribution >= 0.6 is 11.6 Å². The summed E-state index contributed by atoms with van der Waals surface area (Å²) in [4.78, 5) is 10.9. The van der Waals surface area contributed by atoms with Crippen LogP contribution in [-0.4, -0.2) is 27.5 Å². The molecule has 4 heteroatoms. The number of aromatic nitrogens is 2. The standard InChI is InChI=1S/C22H24ClN3/c23-18-8-5-15(6-9-18)11-17-12-19-10-7-16(17)13-26(19)14-22-24-20-3-1-2-4-21(20)25-22/h1-6,8-9,16-17,19H,7,10-14H2,(H,24,25). The minimum absolute atomic E-state index is 0.700. The molecule has 2 aliphatic heterocycles. The number of hydrogen-bond acceptors (Lipinski definition) is 2. The quantitative estimate of drug-likeness (QED) is 0.700. The molecule has 0 spiro atoms. The van der Waals surface area contributed by atoms with E-state index in [1.165, 1.54) is 37.8 Å². The molecule has 2 bridgehead atoms. The SMILES string of the molecule is Clc1ccc(CC2CC3CCC2CN3Cc2nc3ccccc3[nH]2)cc1. The summed E-state index contributed by atoms with van der Waals surface area (Å²) in [6.07, 6.45) is 5.21. The summed E-state index contributed by atoms with van der Waals surface area (Å²) in [5.41, 5.74) is 3.64. The molecule has 1 N–H and O–H groups in total. The van der Waals surface area contributed by atoms with Gasteiger partial charge >= 0.3 is 0 Å². The van der Waals surface area contributed by atoms with E-state index in [0.29, 0.717) is 6.04 Å². The fraction of sp³-hybridized carbons (Fsp3) is 0.409. The van der Waals surface area contributed by atoms with Gasteiger partial charge in [0.1, 0.15) is 5.82 Å². The summed E-state index contributed by atoms with van der Waals surface area (Å²) in [6, 6.07) is 17.4. The van der Waals surface area contributed by atoms with Gasteiger partial charge in [-0.3, -0.25) is 4.90 Å². The number of nitrogens with one attached hydrogen (secondary N) is 1. The zero-order valence-corrected chi connectivity index (χ0v) is 15.6. The van der Waals surface area contributed by atoms with Crippen LogP contribution in [0.15, 0.2) is 48.5 Å². The van der Waals surface area contributed by atoms with E-state index in [1.54, 1.807) is 0 Å². The Hall–Kier alpha value is -1.84. The van der Waals surface area contributed by atoms with Crippen molar-refractivity contribution in [3.8, 4) is 0 Å². The van der Waals surface area contributed by atoms with Crippen LogP contribution in [0, 0.1) is 11.8 Å². The van der Waals surface area contributed by atoms with Crippen LogP contribution in [0.5, 0.6) is 0 Å². The van der Waals surface area contributed by atoms with Crippen molar-refractivity contribution < 1.29 is 0 Å². The molecule has 3 nitrogen and oxygen atoms in total. The molecule has 3 aliphatic rings. The lowest BCUT2D eigenvalue weighted by molar-refractivity contribution is -0.00136. The van der Waals surface area contributed by atoms with E-state index in [1.807, 2.05) is 12.1 Å². The molecule has 2 aromatic carbocycles. The van der Waals surface area contributed by atoms with Gasteiger partial charge in [-0.05, 0) is 67.3 Å². The third kappa shape index (κ3) is 3.15. The molecule has 134 valence electrons. The molecule has 3 aromatic rings. The van der Waals surface area contributed by atoms with Gasteiger partial charge in [0.25, 0.3) is 0 Å². The molecule has 0 amide bonds. The lowest BCUT2D eigenvalue weighted by Crippen LogP contribution is -2.52. The summed E-state index contributed by atoms with van der Waals surface area (Å²) in [7, 11) is 0. The second-order valence-corrected chi connectivity index (χ2v) is 8.38. The Bertz CT molecular complexity index is 868. The second kappa shape index (κ2) is 6.71. The Morgan fingerprint density at radius 3 is 2.69 bits per heavy atom. The van der Waals surface area contributed by atoms with E-state index in [4.69, 9.17) is 16.6 Å². The van der Waals surface area contributed by atoms with E-state index in [2.05, 4.69) is 46.3 Å². The lowest BCUT2D eigenvalue weighted by atomic mass is 9.70. The average molecular weight is 366 g/mol. The van der Waals surface area contributed by atoms with Gasteiger partial charge in [-0.2, -0.15) is 0 Å². The highest BCUT2D eigenvalue weighted by atomic mass is 35.5. The fourth-order valence-corrected chi connectivity index (χ4v) is 5.09. The van der Waals surface area contributed by atoms with Gasteiger partial charge in [0.05, 0.1) is 17.6 Å². The maximum Gasteiger partial charge on any atom is 0.121 e. The molecular formula is C22H24ClN3. The Balaban J connectivity index is 1.27. The molecule has 1 aromatic heterocycles. The number of H-pyrrole nitrogens is 1. The first-order chi connectivity index (χ1) is 12.7. The van der Waals surface area contributed by atoms with E-state index in [0.717, 1.165) is 40.3 Å². The third-order valence-corrected chi connectivity index (χ3v) is 6.55. The first-order valence-electron chi connectivity index (χ1n) is 9.67. The van der Waals surface area contributed by atoms with Gasteiger partial charge in [0.15, 0.2) is 0 Å². The van der Waals surface area contributed by atoms with E-state index < -0.39 is 0 Å². The topological polar surface area (TPSA) is 31.9 Å². The largest absolute Gasteiger partial charge is 0.341 e. The molecule has 6 rings (SSSR count). The number of imidazole rings is 1. The van der Waals surface area contributed by atoms with Crippen molar-refractivity contribution >= 4 is 22.6 Å². The first kappa shape index (κ1) is 16.3. The molecule has 1 saturated carbocycles. The summed E-state index contributed by atoms with van der Waals surface area (Å²) >= 11 is 6.03. The molecule has 1 aliphatic carbocycles. The summed E-state index contributed by atoms with van der Waals surface area (Å²) < 4.78 is 0. The molecule has 26 heavy (non-hydrogen) atoms. The summed E-state index contributed by atoms with van der Waals surface area (Å²) in [5, 5.41) is 0.830. The average Bonchev–Trinajstić information content (AvgIpc) is 3.07. The summed E-state index contributed by atoms with van der Waals surface area (Å²) in [6.45, 7) is 2.16. The van der Waals surface area contributed by atoms with Crippen LogP contribution in [-0.2, 0) is 13.0 Å². The van der Waals surface area contributed by atoms with Gasteiger partial charge < -0.3 is 4.98 Å². The van der Waals surface area contributed by atoms with Crippen LogP contribution in [0.1, 0.15) is 30.7 Å². The van der Waals surface area contributed by atoms with Crippen LogP contribution in [0.2, 0.25) is 5.02 Å². The zero-order valence-electron chi connectivity index (χ0n) is 14.9. The minimum atomic E-state index is 0.700. The Labute approximate surface area is 159 Å². The highest BCUT2D eigenvalue weighted by Gasteiger charge is 2.40. The molecule has 3 unspecified atom stereocenters. The minimum Gasteiger partial charge on any atom is -0.341 e. The van der Waals surface area contributed by atoms with Crippen LogP contribution in [0.25, 0.3) is 11.0 Å². The van der Waals surface area contributed by atoms with E-state index in [-0.39, 0.29) is 0 Å². The number of aromatic amines is 1. The fourth-order valence-electron chi connectivity index (χ4n) is 4.96. The number of halogens is 1. The second-order valence-electron chi connectivity index (χ2n) is 7.95. The Morgan fingerprint density at radius 2 is 1.92 bits per heavy atom. The van der Waals surface area contributed by atoms with Gasteiger partial charge in [-0.1, -0.05) is 35.9 Å². The normalized spacial score (nSPS) is 25.8. The number of nitrogens with zero attached hydrogens (tertiary/aromatic N) is 2. The van der Waals surface area contributed by atoms with Crippen LogP contribution in [0.3, 0.4) is 0 Å². The van der Waals surface area contributed by atoms with Crippen LogP contribution in [0.4, 0.5) is 0 Å². The number of benzene rings is 2. The summed E-state index contributed by atoms with van der Waals surface area (Å²) in [5.74, 6) is 2.72. The van der Waals surface area contributed by atoms with Gasteiger partial charge in [-0.15, -0.1) is 0 Å². The van der Waals surface area contributed by atoms with Gasteiger partial charge in [0, 0.05) is 17.6 Å². The number of fused-ring (bicyclic) bond motifs is 4. The Morgan fingerprint density at radius 1 is 1.08 bits per heavy atom. The molecule has 3 fully saturated rings. The maximum atomic E-state index is 6.03. The lowest BCUT2D eigenvalue weighted by Gasteiger charge is -2.49.